The Kier molecular flexibility index (Phi) is 4.06. The fourth-order valence-corrected chi connectivity index (χ4v) is 3.59. The molecule has 0 spiro atoms. The van der Waals surface area contributed by atoms with Crippen molar-refractivity contribution in [2.45, 2.75) is 24.3 Å². The fourth-order valence-electron chi connectivity index (χ4n) is 2.89. The maximum atomic E-state index is 12.6. The molecule has 3 aromatic rings. The summed E-state index contributed by atoms with van der Waals surface area (Å²) in [6, 6.07) is 5.52. The zero-order valence-electron chi connectivity index (χ0n) is 13.6. The molecule has 1 amide bonds. The van der Waals surface area contributed by atoms with E-state index in [9.17, 15) is 4.79 Å². The molecule has 8 heteroatoms. The van der Waals surface area contributed by atoms with Crippen LogP contribution in [-0.4, -0.2) is 27.7 Å². The highest BCUT2D eigenvalue weighted by atomic mass is 32.2. The summed E-state index contributed by atoms with van der Waals surface area (Å²) >= 11 is 1.24. The molecular formula is C17H17N5O2S. The van der Waals surface area contributed by atoms with E-state index in [2.05, 4.69) is 19.9 Å². The van der Waals surface area contributed by atoms with Gasteiger partial charge in [0.05, 0.1) is 18.2 Å². The lowest BCUT2D eigenvalue weighted by molar-refractivity contribution is 0.0983. The van der Waals surface area contributed by atoms with Gasteiger partial charge in [0.15, 0.2) is 5.65 Å². The van der Waals surface area contributed by atoms with E-state index in [1.165, 1.54) is 11.9 Å². The first-order valence-electron chi connectivity index (χ1n) is 7.91. The largest absolute Gasteiger partial charge is 0.493 e. The zero-order chi connectivity index (χ0) is 17.4. The zero-order valence-corrected chi connectivity index (χ0v) is 14.4. The lowest BCUT2D eigenvalue weighted by Gasteiger charge is -2.24. The Labute approximate surface area is 148 Å². The minimum Gasteiger partial charge on any atom is -0.493 e. The van der Waals surface area contributed by atoms with Crippen LogP contribution in [0.2, 0.25) is 0 Å². The van der Waals surface area contributed by atoms with Gasteiger partial charge in [-0.15, -0.1) is 0 Å². The number of hydrogen-bond donors (Lipinski definition) is 3. The third-order valence-corrected chi connectivity index (χ3v) is 5.12. The van der Waals surface area contributed by atoms with E-state index >= 15 is 0 Å². The van der Waals surface area contributed by atoms with Crippen LogP contribution >= 0.6 is 11.9 Å². The van der Waals surface area contributed by atoms with Gasteiger partial charge in [-0.3, -0.25) is 14.6 Å². The fraction of sp³-hybridized carbons (Fsp3) is 0.235. The lowest BCUT2D eigenvalue weighted by Crippen LogP contribution is -2.23. The molecule has 1 aromatic carbocycles. The number of H-pyrrole nitrogens is 1. The molecule has 0 unspecified atom stereocenters. The standard InChI is InChI=1S/C17H17N5O2S/c1-9-6-11-13(18)3-5-24-14(11)7-10(9)17(23)22-25-15-2-4-19-16-12(15)8-20-21-16/h2,4,6-8,13H,3,5,18H2,1H3,(H,22,23)(H,19,20,21)/t13-/m0/s1. The number of carbonyl (C=O) groups is 1. The number of aryl methyl sites for hydroxylation is 1. The molecule has 0 radical (unpaired) electrons. The highest BCUT2D eigenvalue weighted by Gasteiger charge is 2.22. The number of hydrogen-bond acceptors (Lipinski definition) is 6. The molecule has 2 aromatic heterocycles. The monoisotopic (exact) mass is 355 g/mol. The minimum atomic E-state index is -0.179. The summed E-state index contributed by atoms with van der Waals surface area (Å²) < 4.78 is 8.54. The van der Waals surface area contributed by atoms with Crippen LogP contribution in [0, 0.1) is 6.92 Å². The first-order valence-corrected chi connectivity index (χ1v) is 8.73. The molecule has 4 rings (SSSR count). The van der Waals surface area contributed by atoms with Gasteiger partial charge in [0.25, 0.3) is 5.91 Å². The molecule has 0 saturated carbocycles. The number of fused-ring (bicyclic) bond motifs is 2. The second-order valence-electron chi connectivity index (χ2n) is 5.92. The van der Waals surface area contributed by atoms with E-state index in [0.717, 1.165) is 27.8 Å². The molecular weight excluding hydrogens is 338 g/mol. The van der Waals surface area contributed by atoms with Crippen molar-refractivity contribution in [1.82, 2.24) is 19.9 Å². The average molecular weight is 355 g/mol. The van der Waals surface area contributed by atoms with Gasteiger partial charge in [-0.25, -0.2) is 4.98 Å². The normalized spacial score (nSPS) is 16.3. The SMILES string of the molecule is Cc1cc2c(cc1C(=O)NSc1ccnc3[nH]ncc13)OCC[C@@H]2N. The first-order chi connectivity index (χ1) is 12.1. The number of aromatic amines is 1. The van der Waals surface area contributed by atoms with Crippen molar-refractivity contribution in [3.63, 3.8) is 0 Å². The maximum Gasteiger partial charge on any atom is 0.261 e. The van der Waals surface area contributed by atoms with Gasteiger partial charge < -0.3 is 10.5 Å². The number of rotatable bonds is 3. The number of ether oxygens (including phenoxy) is 1. The van der Waals surface area contributed by atoms with Crippen LogP contribution in [0.4, 0.5) is 0 Å². The predicted octanol–water partition coefficient (Wildman–Crippen LogP) is 2.49. The first kappa shape index (κ1) is 15.9. The van der Waals surface area contributed by atoms with Crippen molar-refractivity contribution in [3.05, 3.63) is 47.3 Å². The maximum absolute atomic E-state index is 12.6. The highest BCUT2D eigenvalue weighted by Crippen LogP contribution is 2.33. The topological polar surface area (TPSA) is 106 Å². The highest BCUT2D eigenvalue weighted by molar-refractivity contribution is 7.98. The molecule has 1 aliphatic heterocycles. The summed E-state index contributed by atoms with van der Waals surface area (Å²) in [4.78, 5) is 17.7. The van der Waals surface area contributed by atoms with Gasteiger partial charge in [0.1, 0.15) is 5.75 Å². The van der Waals surface area contributed by atoms with Gasteiger partial charge in [-0.05, 0) is 36.6 Å². The summed E-state index contributed by atoms with van der Waals surface area (Å²) in [6.07, 6.45) is 4.15. The van der Waals surface area contributed by atoms with Crippen LogP contribution in [0.5, 0.6) is 5.75 Å². The third-order valence-electron chi connectivity index (χ3n) is 4.26. The van der Waals surface area contributed by atoms with E-state index in [4.69, 9.17) is 10.5 Å². The molecule has 128 valence electrons. The van der Waals surface area contributed by atoms with Crippen molar-refractivity contribution in [2.75, 3.05) is 6.61 Å². The molecule has 0 aliphatic carbocycles. The van der Waals surface area contributed by atoms with E-state index in [1.807, 2.05) is 19.1 Å². The van der Waals surface area contributed by atoms with Gasteiger partial charge in [0.2, 0.25) is 0 Å². The van der Waals surface area contributed by atoms with Crippen molar-refractivity contribution in [1.29, 1.82) is 0 Å². The Morgan fingerprint density at radius 3 is 3.24 bits per heavy atom. The van der Waals surface area contributed by atoms with E-state index < -0.39 is 0 Å². The van der Waals surface area contributed by atoms with Crippen LogP contribution in [0.3, 0.4) is 0 Å². The van der Waals surface area contributed by atoms with E-state index in [1.54, 1.807) is 18.5 Å². The minimum absolute atomic E-state index is 0.0415. The Bertz CT molecular complexity index is 955. The molecule has 7 nitrogen and oxygen atoms in total. The summed E-state index contributed by atoms with van der Waals surface area (Å²) in [5.41, 5.74) is 9.22. The van der Waals surface area contributed by atoms with Crippen molar-refractivity contribution in [3.8, 4) is 5.75 Å². The molecule has 25 heavy (non-hydrogen) atoms. The van der Waals surface area contributed by atoms with Crippen molar-refractivity contribution < 1.29 is 9.53 Å². The quantitative estimate of drug-likeness (QED) is 0.623. The Balaban J connectivity index is 1.56. The molecule has 1 atom stereocenters. The number of amides is 1. The molecule has 1 aliphatic rings. The molecule has 0 fully saturated rings. The van der Waals surface area contributed by atoms with Gasteiger partial charge >= 0.3 is 0 Å². The van der Waals surface area contributed by atoms with Crippen molar-refractivity contribution >= 4 is 28.9 Å². The van der Waals surface area contributed by atoms with Gasteiger partial charge in [-0.1, -0.05) is 6.07 Å². The number of pyridine rings is 1. The smallest absolute Gasteiger partial charge is 0.261 e. The van der Waals surface area contributed by atoms with E-state index in [-0.39, 0.29) is 11.9 Å². The van der Waals surface area contributed by atoms with Crippen LogP contribution in [0.25, 0.3) is 11.0 Å². The lowest BCUT2D eigenvalue weighted by atomic mass is 9.96. The Morgan fingerprint density at radius 1 is 1.48 bits per heavy atom. The summed E-state index contributed by atoms with van der Waals surface area (Å²) in [7, 11) is 0. The molecule has 4 N–H and O–H groups in total. The van der Waals surface area contributed by atoms with Crippen molar-refractivity contribution in [2.24, 2.45) is 5.73 Å². The second-order valence-corrected chi connectivity index (χ2v) is 6.77. The number of carbonyl (C=O) groups excluding carboxylic acids is 1. The Hall–Kier alpha value is -2.58. The second kappa shape index (κ2) is 6.38. The van der Waals surface area contributed by atoms with Crippen LogP contribution in [0.1, 0.15) is 33.9 Å². The number of nitrogens with two attached hydrogens (primary N) is 1. The molecule has 0 saturated heterocycles. The summed E-state index contributed by atoms with van der Waals surface area (Å²) in [6.45, 7) is 2.48. The summed E-state index contributed by atoms with van der Waals surface area (Å²) in [5, 5.41) is 7.65. The van der Waals surface area contributed by atoms with Crippen LogP contribution in [-0.2, 0) is 0 Å². The summed E-state index contributed by atoms with van der Waals surface area (Å²) in [5.74, 6) is 0.516. The Morgan fingerprint density at radius 2 is 2.36 bits per heavy atom. The predicted molar refractivity (Wildman–Crippen MR) is 95.4 cm³/mol. The number of benzene rings is 1. The van der Waals surface area contributed by atoms with Gasteiger partial charge in [-0.2, -0.15) is 5.10 Å². The van der Waals surface area contributed by atoms with Crippen LogP contribution in [0.15, 0.2) is 35.5 Å². The van der Waals surface area contributed by atoms with Gasteiger partial charge in [0, 0.05) is 34.7 Å². The molecule has 0 bridgehead atoms. The number of nitrogens with one attached hydrogen (secondary N) is 2. The van der Waals surface area contributed by atoms with Crippen LogP contribution < -0.4 is 15.2 Å². The number of aromatic nitrogens is 3. The average Bonchev–Trinajstić information content (AvgIpc) is 3.09. The molecule has 3 heterocycles. The van der Waals surface area contributed by atoms with E-state index in [0.29, 0.717) is 23.6 Å². The number of nitrogens with zero attached hydrogens (tertiary/aromatic N) is 2. The third kappa shape index (κ3) is 2.94.